The molecule has 1 atom stereocenters. The van der Waals surface area contributed by atoms with Crippen molar-refractivity contribution < 1.29 is 19.0 Å². The molecule has 0 radical (unpaired) electrons. The number of hydrogen-bond donors (Lipinski definition) is 2. The van der Waals surface area contributed by atoms with E-state index in [1.807, 2.05) is 36.4 Å². The summed E-state index contributed by atoms with van der Waals surface area (Å²) >= 11 is 0. The van der Waals surface area contributed by atoms with Crippen molar-refractivity contribution in [3.8, 4) is 11.1 Å². The molecule has 0 unspecified atom stereocenters. The number of carbonyl (C=O) groups excluding carboxylic acids is 1. The van der Waals surface area contributed by atoms with Gasteiger partial charge in [-0.3, -0.25) is 0 Å². The van der Waals surface area contributed by atoms with Crippen LogP contribution >= 0.6 is 0 Å². The van der Waals surface area contributed by atoms with Crippen LogP contribution in [0, 0.1) is 0 Å². The number of amides is 1. The van der Waals surface area contributed by atoms with Gasteiger partial charge in [0.2, 0.25) is 0 Å². The van der Waals surface area contributed by atoms with E-state index in [2.05, 4.69) is 17.4 Å². The van der Waals surface area contributed by atoms with Gasteiger partial charge < -0.3 is 15.2 Å². The van der Waals surface area contributed by atoms with E-state index in [1.165, 1.54) is 0 Å². The quantitative estimate of drug-likeness (QED) is 0.892. The number of hydrogen-bond acceptors (Lipinski definition) is 3. The highest BCUT2D eigenvalue weighted by Gasteiger charge is 2.28. The Balaban J connectivity index is 1.70. The topological polar surface area (TPSA) is 58.6 Å². The van der Waals surface area contributed by atoms with Gasteiger partial charge >= 0.3 is 6.09 Å². The van der Waals surface area contributed by atoms with Crippen LogP contribution in [0.5, 0.6) is 0 Å². The molecule has 0 bridgehead atoms. The van der Waals surface area contributed by atoms with Gasteiger partial charge in [0.25, 0.3) is 0 Å². The highest BCUT2D eigenvalue weighted by molar-refractivity contribution is 5.79. The van der Waals surface area contributed by atoms with E-state index in [9.17, 15) is 9.18 Å². The number of fused-ring (bicyclic) bond motifs is 3. The fourth-order valence-electron chi connectivity index (χ4n) is 2.91. The van der Waals surface area contributed by atoms with Gasteiger partial charge in [-0.15, -0.1) is 0 Å². The zero-order valence-corrected chi connectivity index (χ0v) is 12.5. The number of aliphatic hydroxyl groups excluding tert-OH is 1. The van der Waals surface area contributed by atoms with Gasteiger partial charge in [-0.2, -0.15) is 0 Å². The minimum Gasteiger partial charge on any atom is -0.449 e. The number of alkyl halides is 1. The number of alkyl carbamates (subject to hydrolysis) is 1. The summed E-state index contributed by atoms with van der Waals surface area (Å²) in [6, 6.07) is 16.1. The second-order valence-electron chi connectivity index (χ2n) is 5.49. The molecular formula is C18H18FNO3. The van der Waals surface area contributed by atoms with E-state index in [0.29, 0.717) is 0 Å². The largest absolute Gasteiger partial charge is 0.449 e. The van der Waals surface area contributed by atoms with E-state index < -0.39 is 18.9 Å². The maximum atomic E-state index is 12.9. The molecule has 1 aliphatic rings. The molecule has 0 fully saturated rings. The Bertz CT molecular complexity index is 659. The van der Waals surface area contributed by atoms with Crippen molar-refractivity contribution in [3.05, 3.63) is 59.7 Å². The highest BCUT2D eigenvalue weighted by Crippen LogP contribution is 2.44. The van der Waals surface area contributed by atoms with Crippen LogP contribution in [-0.2, 0) is 4.74 Å². The number of ether oxygens (including phenoxy) is 1. The molecule has 2 N–H and O–H groups in total. The molecule has 5 heteroatoms. The molecule has 0 spiro atoms. The average molecular weight is 315 g/mol. The van der Waals surface area contributed by atoms with E-state index in [-0.39, 0.29) is 19.1 Å². The van der Waals surface area contributed by atoms with Gasteiger partial charge in [0.1, 0.15) is 12.8 Å². The Kier molecular flexibility index (Phi) is 4.57. The average Bonchev–Trinajstić information content (AvgIpc) is 2.92. The summed E-state index contributed by atoms with van der Waals surface area (Å²) in [4.78, 5) is 11.7. The van der Waals surface area contributed by atoms with Gasteiger partial charge in [-0.1, -0.05) is 48.5 Å². The molecule has 1 aliphatic carbocycles. The number of aliphatic hydroxyl groups is 1. The van der Waals surface area contributed by atoms with Crippen molar-refractivity contribution in [2.45, 2.75) is 12.1 Å². The summed E-state index contributed by atoms with van der Waals surface area (Å²) in [5.74, 6) is -0.0211. The van der Waals surface area contributed by atoms with E-state index in [1.54, 1.807) is 0 Å². The van der Waals surface area contributed by atoms with Crippen molar-refractivity contribution >= 4 is 6.09 Å². The predicted octanol–water partition coefficient (Wildman–Crippen LogP) is 2.86. The first kappa shape index (κ1) is 15.5. The summed E-state index contributed by atoms with van der Waals surface area (Å²) in [5.41, 5.74) is 4.56. The van der Waals surface area contributed by atoms with E-state index in [4.69, 9.17) is 9.84 Å². The lowest BCUT2D eigenvalue weighted by Crippen LogP contribution is -2.33. The third-order valence-electron chi connectivity index (χ3n) is 4.01. The minimum atomic E-state index is -1.48. The third-order valence-corrected chi connectivity index (χ3v) is 4.01. The Hall–Kier alpha value is -2.40. The second kappa shape index (κ2) is 6.79. The first-order chi connectivity index (χ1) is 11.2. The van der Waals surface area contributed by atoms with Gasteiger partial charge in [0, 0.05) is 5.92 Å². The smallest absolute Gasteiger partial charge is 0.407 e. The van der Waals surface area contributed by atoms with Gasteiger partial charge in [0.15, 0.2) is 0 Å². The maximum absolute atomic E-state index is 12.9. The fourth-order valence-corrected chi connectivity index (χ4v) is 2.91. The molecule has 3 rings (SSSR count). The molecule has 120 valence electrons. The highest BCUT2D eigenvalue weighted by atomic mass is 19.1. The minimum absolute atomic E-state index is 0.0211. The summed E-state index contributed by atoms with van der Waals surface area (Å²) < 4.78 is 18.1. The first-order valence-corrected chi connectivity index (χ1v) is 7.54. The Morgan fingerprint density at radius 3 is 2.26 bits per heavy atom. The molecule has 0 aliphatic heterocycles. The number of benzene rings is 2. The molecule has 0 aromatic heterocycles. The summed E-state index contributed by atoms with van der Waals surface area (Å²) in [5, 5.41) is 10.9. The normalized spacial score (nSPS) is 14.0. The molecular weight excluding hydrogens is 297 g/mol. The molecule has 2 aromatic carbocycles. The van der Waals surface area contributed by atoms with Crippen LogP contribution < -0.4 is 5.32 Å². The second-order valence-corrected chi connectivity index (χ2v) is 5.49. The first-order valence-electron chi connectivity index (χ1n) is 7.54. The Labute approximate surface area is 133 Å². The van der Waals surface area contributed by atoms with Crippen LogP contribution in [-0.4, -0.2) is 37.1 Å². The van der Waals surface area contributed by atoms with Crippen molar-refractivity contribution in [3.63, 3.8) is 0 Å². The van der Waals surface area contributed by atoms with E-state index >= 15 is 0 Å². The third kappa shape index (κ3) is 3.19. The van der Waals surface area contributed by atoms with Crippen LogP contribution in [0.4, 0.5) is 9.18 Å². The zero-order chi connectivity index (χ0) is 16.2. The molecule has 0 heterocycles. The summed E-state index contributed by atoms with van der Waals surface area (Å²) in [6.45, 7) is -0.688. The van der Waals surface area contributed by atoms with Crippen molar-refractivity contribution in [1.29, 1.82) is 0 Å². The predicted molar refractivity (Wildman–Crippen MR) is 85.1 cm³/mol. The van der Waals surface area contributed by atoms with Gasteiger partial charge in [-0.05, 0) is 22.3 Å². The van der Waals surface area contributed by atoms with Gasteiger partial charge in [-0.25, -0.2) is 9.18 Å². The number of rotatable bonds is 5. The van der Waals surface area contributed by atoms with E-state index in [0.717, 1.165) is 22.3 Å². The number of carbonyl (C=O) groups is 1. The molecule has 1 amide bonds. The Morgan fingerprint density at radius 2 is 1.70 bits per heavy atom. The summed E-state index contributed by atoms with van der Waals surface area (Å²) in [7, 11) is 0. The van der Waals surface area contributed by atoms with Crippen LogP contribution in [0.3, 0.4) is 0 Å². The van der Waals surface area contributed by atoms with Crippen LogP contribution in [0.25, 0.3) is 11.1 Å². The lowest BCUT2D eigenvalue weighted by Gasteiger charge is -2.15. The number of nitrogens with one attached hydrogen (secondary N) is 1. The molecule has 23 heavy (non-hydrogen) atoms. The SMILES string of the molecule is O=C(NC[C@H](F)CO)OCC1c2ccccc2-c2ccccc21. The number of halogens is 1. The van der Waals surface area contributed by atoms with Crippen LogP contribution in [0.2, 0.25) is 0 Å². The molecule has 0 saturated carbocycles. The zero-order valence-electron chi connectivity index (χ0n) is 12.5. The standard InChI is InChI=1S/C18H18FNO3/c19-12(10-21)9-20-18(22)23-11-17-15-7-3-1-5-13(15)14-6-2-4-8-16(14)17/h1-8,12,17,21H,9-11H2,(H,20,22)/t12-/m0/s1. The lowest BCUT2D eigenvalue weighted by atomic mass is 9.98. The van der Waals surface area contributed by atoms with Crippen LogP contribution in [0.1, 0.15) is 17.0 Å². The van der Waals surface area contributed by atoms with Crippen molar-refractivity contribution in [1.82, 2.24) is 5.32 Å². The van der Waals surface area contributed by atoms with Crippen molar-refractivity contribution in [2.24, 2.45) is 0 Å². The maximum Gasteiger partial charge on any atom is 0.407 e. The lowest BCUT2D eigenvalue weighted by molar-refractivity contribution is 0.132. The molecule has 2 aromatic rings. The van der Waals surface area contributed by atoms with Gasteiger partial charge in [0.05, 0.1) is 13.2 Å². The fraction of sp³-hybridized carbons (Fsp3) is 0.278. The molecule has 0 saturated heterocycles. The van der Waals surface area contributed by atoms with Crippen LogP contribution in [0.15, 0.2) is 48.5 Å². The monoisotopic (exact) mass is 315 g/mol. The summed E-state index contributed by atoms with van der Waals surface area (Å²) in [6.07, 6.45) is -2.15. The Morgan fingerprint density at radius 1 is 1.13 bits per heavy atom. The molecule has 4 nitrogen and oxygen atoms in total. The van der Waals surface area contributed by atoms with Crippen molar-refractivity contribution in [2.75, 3.05) is 19.8 Å².